The number of nitrogens with zero attached hydrogens (tertiary/aromatic N) is 1. The lowest BCUT2D eigenvalue weighted by atomic mass is 10.2. The van der Waals surface area contributed by atoms with E-state index in [2.05, 4.69) is 4.98 Å². The van der Waals surface area contributed by atoms with Gasteiger partial charge in [0.15, 0.2) is 12.3 Å². The van der Waals surface area contributed by atoms with Gasteiger partial charge in [-0.3, -0.25) is 0 Å². The first-order chi connectivity index (χ1) is 8.97. The zero-order valence-corrected chi connectivity index (χ0v) is 10.2. The molecule has 0 unspecified atom stereocenters. The van der Waals surface area contributed by atoms with Gasteiger partial charge in [-0.1, -0.05) is 11.6 Å². The third-order valence-electron chi connectivity index (χ3n) is 2.30. The van der Waals surface area contributed by atoms with Gasteiger partial charge in [-0.15, -0.1) is 0 Å². The lowest BCUT2D eigenvalue weighted by Crippen LogP contribution is -2.11. The maximum Gasteiger partial charge on any atom is 0.354 e. The fourth-order valence-corrected chi connectivity index (χ4v) is 1.70. The summed E-state index contributed by atoms with van der Waals surface area (Å²) in [5.41, 5.74) is 0.0861. The van der Waals surface area contributed by atoms with E-state index in [1.54, 1.807) is 12.1 Å². The van der Waals surface area contributed by atoms with E-state index in [0.717, 1.165) is 0 Å². The Morgan fingerprint density at radius 3 is 2.63 bits per heavy atom. The molecule has 0 bridgehead atoms. The standard InChI is InChI=1S/C12H8ClNO5/c13-6-1-2-7-8(3-6)14-9(12(17)18)4-10(7)19-5-11(15)16/h1-4H,5H2,(H,15,16)(H,17,18). The lowest BCUT2D eigenvalue weighted by Gasteiger charge is -2.08. The fraction of sp³-hybridized carbons (Fsp3) is 0.0833. The Bertz CT molecular complexity index is 670. The van der Waals surface area contributed by atoms with Crippen LogP contribution in [0.1, 0.15) is 10.5 Å². The van der Waals surface area contributed by atoms with Crippen LogP contribution in [0, 0.1) is 0 Å². The molecule has 2 N–H and O–H groups in total. The van der Waals surface area contributed by atoms with Crippen LogP contribution in [0.4, 0.5) is 0 Å². The minimum Gasteiger partial charge on any atom is -0.481 e. The highest BCUT2D eigenvalue weighted by atomic mass is 35.5. The van der Waals surface area contributed by atoms with Crippen molar-refractivity contribution in [1.29, 1.82) is 0 Å². The Hall–Kier alpha value is -2.34. The molecule has 0 saturated heterocycles. The number of carboxylic acid groups (broad SMARTS) is 2. The van der Waals surface area contributed by atoms with Gasteiger partial charge >= 0.3 is 11.9 Å². The van der Waals surface area contributed by atoms with Gasteiger partial charge < -0.3 is 14.9 Å². The number of benzene rings is 1. The number of fused-ring (bicyclic) bond motifs is 1. The summed E-state index contributed by atoms with van der Waals surface area (Å²) in [4.78, 5) is 25.4. The highest BCUT2D eigenvalue weighted by molar-refractivity contribution is 6.31. The zero-order valence-electron chi connectivity index (χ0n) is 9.46. The molecule has 6 nitrogen and oxygen atoms in total. The van der Waals surface area contributed by atoms with Gasteiger partial charge in [-0.05, 0) is 18.2 Å². The van der Waals surface area contributed by atoms with Crippen LogP contribution < -0.4 is 4.74 Å². The monoisotopic (exact) mass is 281 g/mol. The maximum absolute atomic E-state index is 11.0. The first-order valence-corrected chi connectivity index (χ1v) is 5.53. The predicted octanol–water partition coefficient (Wildman–Crippen LogP) is 2.05. The number of aliphatic carboxylic acids is 1. The van der Waals surface area contributed by atoms with E-state index < -0.39 is 18.5 Å². The van der Waals surface area contributed by atoms with Crippen molar-refractivity contribution in [3.8, 4) is 5.75 Å². The van der Waals surface area contributed by atoms with Gasteiger partial charge in [0.2, 0.25) is 0 Å². The summed E-state index contributed by atoms with van der Waals surface area (Å²) in [5.74, 6) is -2.25. The maximum atomic E-state index is 11.0. The molecular formula is C12H8ClNO5. The second-order valence-electron chi connectivity index (χ2n) is 3.65. The summed E-state index contributed by atoms with van der Waals surface area (Å²) in [6.07, 6.45) is 0. The van der Waals surface area contributed by atoms with Gasteiger partial charge in [0.05, 0.1) is 5.52 Å². The average Bonchev–Trinajstić information content (AvgIpc) is 2.34. The Kier molecular flexibility index (Phi) is 3.52. The van der Waals surface area contributed by atoms with Crippen LogP contribution in [-0.2, 0) is 4.79 Å². The minimum atomic E-state index is -1.23. The molecular weight excluding hydrogens is 274 g/mol. The summed E-state index contributed by atoms with van der Waals surface area (Å²) in [7, 11) is 0. The first-order valence-electron chi connectivity index (χ1n) is 5.15. The van der Waals surface area contributed by atoms with E-state index in [-0.39, 0.29) is 11.4 Å². The van der Waals surface area contributed by atoms with Gasteiger partial charge in [0.1, 0.15) is 5.75 Å². The number of aromatic nitrogens is 1. The summed E-state index contributed by atoms with van der Waals surface area (Å²) in [6, 6.07) is 5.84. The molecule has 1 aromatic heterocycles. The zero-order chi connectivity index (χ0) is 14.0. The highest BCUT2D eigenvalue weighted by Crippen LogP contribution is 2.27. The van der Waals surface area contributed by atoms with Gasteiger partial charge in [0, 0.05) is 16.5 Å². The second-order valence-corrected chi connectivity index (χ2v) is 4.09. The third-order valence-corrected chi connectivity index (χ3v) is 2.54. The van der Waals surface area contributed by atoms with E-state index in [1.807, 2.05) is 0 Å². The number of rotatable bonds is 4. The molecule has 0 amide bonds. The molecule has 2 rings (SSSR count). The van der Waals surface area contributed by atoms with Crippen molar-refractivity contribution in [3.63, 3.8) is 0 Å². The van der Waals surface area contributed by atoms with E-state index in [4.69, 9.17) is 26.6 Å². The van der Waals surface area contributed by atoms with Crippen molar-refractivity contribution < 1.29 is 24.5 Å². The number of aromatic carboxylic acids is 1. The van der Waals surface area contributed by atoms with E-state index in [1.165, 1.54) is 12.1 Å². The molecule has 19 heavy (non-hydrogen) atoms. The van der Waals surface area contributed by atoms with Gasteiger partial charge in [-0.25, -0.2) is 14.6 Å². The van der Waals surface area contributed by atoms with E-state index >= 15 is 0 Å². The molecule has 1 aromatic carbocycles. The predicted molar refractivity (Wildman–Crippen MR) is 66.8 cm³/mol. The number of pyridine rings is 1. The molecule has 7 heteroatoms. The molecule has 1 heterocycles. The highest BCUT2D eigenvalue weighted by Gasteiger charge is 2.13. The van der Waals surface area contributed by atoms with Crippen LogP contribution in [0.25, 0.3) is 10.9 Å². The fourth-order valence-electron chi connectivity index (χ4n) is 1.54. The molecule has 0 atom stereocenters. The second kappa shape index (κ2) is 5.11. The van der Waals surface area contributed by atoms with Crippen molar-refractivity contribution in [1.82, 2.24) is 4.98 Å². The van der Waals surface area contributed by atoms with Crippen LogP contribution >= 0.6 is 11.6 Å². The number of ether oxygens (including phenoxy) is 1. The van der Waals surface area contributed by atoms with Crippen LogP contribution in [0.5, 0.6) is 5.75 Å². The normalized spacial score (nSPS) is 10.4. The number of carboxylic acids is 2. The number of hydrogen-bond acceptors (Lipinski definition) is 4. The van der Waals surface area contributed by atoms with Gasteiger partial charge in [-0.2, -0.15) is 0 Å². The van der Waals surface area contributed by atoms with Crippen LogP contribution in [0.3, 0.4) is 0 Å². The van der Waals surface area contributed by atoms with Gasteiger partial charge in [0.25, 0.3) is 0 Å². The summed E-state index contributed by atoms with van der Waals surface area (Å²) < 4.78 is 5.07. The molecule has 2 aromatic rings. The first kappa shape index (κ1) is 13.1. The largest absolute Gasteiger partial charge is 0.481 e. The van der Waals surface area contributed by atoms with Crippen molar-refractivity contribution in [2.45, 2.75) is 0 Å². The average molecular weight is 282 g/mol. The molecule has 0 radical (unpaired) electrons. The Balaban J connectivity index is 2.58. The van der Waals surface area contributed by atoms with Crippen LogP contribution in [0.2, 0.25) is 5.02 Å². The summed E-state index contributed by atoms with van der Waals surface area (Å²) >= 11 is 5.81. The number of halogens is 1. The van der Waals surface area contributed by atoms with Crippen LogP contribution in [0.15, 0.2) is 24.3 Å². The molecule has 0 spiro atoms. The quantitative estimate of drug-likeness (QED) is 0.890. The molecule has 0 aliphatic carbocycles. The lowest BCUT2D eigenvalue weighted by molar-refractivity contribution is -0.139. The third kappa shape index (κ3) is 2.92. The Morgan fingerprint density at radius 2 is 2.00 bits per heavy atom. The van der Waals surface area contributed by atoms with Crippen molar-refractivity contribution in [2.75, 3.05) is 6.61 Å². The topological polar surface area (TPSA) is 96.7 Å². The summed E-state index contributed by atoms with van der Waals surface area (Å²) in [6.45, 7) is -0.569. The number of carbonyl (C=O) groups is 2. The Morgan fingerprint density at radius 1 is 1.26 bits per heavy atom. The van der Waals surface area contributed by atoms with Crippen LogP contribution in [-0.4, -0.2) is 33.7 Å². The van der Waals surface area contributed by atoms with Crippen molar-refractivity contribution in [3.05, 3.63) is 35.0 Å². The molecule has 0 fully saturated rings. The summed E-state index contributed by atoms with van der Waals surface area (Å²) in [5, 5.41) is 18.4. The number of hydrogen-bond donors (Lipinski definition) is 2. The molecule has 98 valence electrons. The van der Waals surface area contributed by atoms with Crippen molar-refractivity contribution >= 4 is 34.4 Å². The SMILES string of the molecule is O=C(O)COc1cc(C(=O)O)nc2cc(Cl)ccc12. The van der Waals surface area contributed by atoms with E-state index in [0.29, 0.717) is 15.9 Å². The smallest absolute Gasteiger partial charge is 0.354 e. The minimum absolute atomic E-state index is 0.140. The molecule has 0 saturated carbocycles. The molecule has 0 aliphatic heterocycles. The van der Waals surface area contributed by atoms with E-state index in [9.17, 15) is 9.59 Å². The Labute approximate surface area is 112 Å². The van der Waals surface area contributed by atoms with Crippen molar-refractivity contribution in [2.24, 2.45) is 0 Å². The molecule has 0 aliphatic rings.